The third-order valence-electron chi connectivity index (χ3n) is 3.35. The maximum atomic E-state index is 12.4. The molecule has 0 radical (unpaired) electrons. The van der Waals surface area contributed by atoms with Gasteiger partial charge in [-0.05, 0) is 34.1 Å². The molecule has 1 amide bonds. The van der Waals surface area contributed by atoms with E-state index in [1.165, 1.54) is 4.90 Å². The summed E-state index contributed by atoms with van der Waals surface area (Å²) in [6.45, 7) is 0.357. The molecule has 1 heterocycles. The largest absolute Gasteiger partial charge is 0.481 e. The van der Waals surface area contributed by atoms with Crippen molar-refractivity contribution in [1.29, 1.82) is 0 Å². The second-order valence-corrected chi connectivity index (χ2v) is 5.86. The molecule has 1 saturated heterocycles. The normalized spacial score (nSPS) is 21.8. The van der Waals surface area contributed by atoms with Crippen molar-refractivity contribution in [2.45, 2.75) is 6.04 Å². The Morgan fingerprint density at radius 1 is 1.45 bits per heavy atom. The molecule has 2 atom stereocenters. The third-order valence-corrected chi connectivity index (χ3v) is 4.57. The first-order valence-corrected chi connectivity index (χ1v) is 7.11. The minimum Gasteiger partial charge on any atom is -0.481 e. The second-order valence-electron chi connectivity index (χ2n) is 4.59. The van der Waals surface area contributed by atoms with Crippen LogP contribution in [0.15, 0.2) is 22.7 Å². The number of likely N-dealkylation sites (N-methyl/N-ethyl adjacent to an activating group) is 1. The number of carboxylic acid groups (broad SMARTS) is 1. The molecule has 20 heavy (non-hydrogen) atoms. The Kier molecular flexibility index (Phi) is 4.67. The predicted octanol–water partition coefficient (Wildman–Crippen LogP) is 2.27. The topological polar surface area (TPSA) is 66.8 Å². The van der Waals surface area contributed by atoms with Gasteiger partial charge < -0.3 is 14.7 Å². The quantitative estimate of drug-likeness (QED) is 0.896. The summed E-state index contributed by atoms with van der Waals surface area (Å²) >= 11 is 9.15. The Morgan fingerprint density at radius 3 is 2.75 bits per heavy atom. The average Bonchev–Trinajstić information content (AvgIpc) is 2.89. The molecule has 1 fully saturated rings. The molecule has 7 heteroatoms. The lowest BCUT2D eigenvalue weighted by molar-refractivity contribution is -0.142. The Labute approximate surface area is 129 Å². The van der Waals surface area contributed by atoms with Crippen LogP contribution in [0.25, 0.3) is 0 Å². The Bertz CT molecular complexity index is 551. The molecular weight excluding hydrogens is 350 g/mol. The van der Waals surface area contributed by atoms with Crippen LogP contribution in [-0.2, 0) is 9.53 Å². The highest BCUT2D eigenvalue weighted by atomic mass is 79.9. The first kappa shape index (κ1) is 15.3. The number of hydrogen-bond donors (Lipinski definition) is 1. The van der Waals surface area contributed by atoms with Crippen molar-refractivity contribution in [3.05, 3.63) is 33.3 Å². The Morgan fingerprint density at radius 2 is 2.15 bits per heavy atom. The van der Waals surface area contributed by atoms with Gasteiger partial charge in [-0.1, -0.05) is 11.6 Å². The van der Waals surface area contributed by atoms with E-state index >= 15 is 0 Å². The molecule has 0 spiro atoms. The summed E-state index contributed by atoms with van der Waals surface area (Å²) in [5.74, 6) is -1.91. The van der Waals surface area contributed by atoms with Crippen LogP contribution >= 0.6 is 27.5 Å². The van der Waals surface area contributed by atoms with Gasteiger partial charge in [-0.25, -0.2) is 0 Å². The van der Waals surface area contributed by atoms with Crippen LogP contribution < -0.4 is 0 Å². The lowest BCUT2D eigenvalue weighted by Gasteiger charge is -2.26. The number of ether oxygens (including phenoxy) is 1. The predicted molar refractivity (Wildman–Crippen MR) is 77.0 cm³/mol. The highest BCUT2D eigenvalue weighted by Gasteiger charge is 2.38. The van der Waals surface area contributed by atoms with Crippen molar-refractivity contribution in [3.63, 3.8) is 0 Å². The van der Waals surface area contributed by atoms with E-state index < -0.39 is 17.9 Å². The smallest absolute Gasteiger partial charge is 0.311 e. The van der Waals surface area contributed by atoms with Crippen LogP contribution in [0.2, 0.25) is 5.02 Å². The second kappa shape index (κ2) is 6.11. The van der Waals surface area contributed by atoms with Crippen LogP contribution in [0.4, 0.5) is 0 Å². The van der Waals surface area contributed by atoms with E-state index in [2.05, 4.69) is 15.9 Å². The van der Waals surface area contributed by atoms with Crippen molar-refractivity contribution in [2.24, 2.45) is 5.92 Å². The highest BCUT2D eigenvalue weighted by Crippen LogP contribution is 2.25. The van der Waals surface area contributed by atoms with Gasteiger partial charge in [0.05, 0.1) is 24.3 Å². The minimum absolute atomic E-state index is 0.127. The highest BCUT2D eigenvalue weighted by molar-refractivity contribution is 9.10. The summed E-state index contributed by atoms with van der Waals surface area (Å²) in [5.41, 5.74) is 0.444. The fourth-order valence-corrected chi connectivity index (χ4v) is 2.64. The number of benzene rings is 1. The number of carbonyl (C=O) groups excluding carboxylic acids is 1. The maximum absolute atomic E-state index is 12.4. The molecule has 1 aromatic carbocycles. The number of rotatable bonds is 3. The van der Waals surface area contributed by atoms with E-state index in [0.29, 0.717) is 15.1 Å². The van der Waals surface area contributed by atoms with Crippen LogP contribution in [0.5, 0.6) is 0 Å². The zero-order valence-corrected chi connectivity index (χ0v) is 13.0. The summed E-state index contributed by atoms with van der Waals surface area (Å²) in [4.78, 5) is 24.9. The van der Waals surface area contributed by atoms with Gasteiger partial charge in [0.1, 0.15) is 5.92 Å². The number of carbonyl (C=O) groups is 2. The molecule has 2 rings (SSSR count). The van der Waals surface area contributed by atoms with Gasteiger partial charge in [-0.3, -0.25) is 9.59 Å². The maximum Gasteiger partial charge on any atom is 0.311 e. The molecule has 1 aromatic rings. The molecule has 108 valence electrons. The number of halogens is 2. The Balaban J connectivity index is 2.19. The van der Waals surface area contributed by atoms with E-state index in [-0.39, 0.29) is 19.1 Å². The van der Waals surface area contributed by atoms with Crippen molar-refractivity contribution >= 4 is 39.4 Å². The van der Waals surface area contributed by atoms with Crippen LogP contribution in [0.3, 0.4) is 0 Å². The van der Waals surface area contributed by atoms with Crippen molar-refractivity contribution in [3.8, 4) is 0 Å². The summed E-state index contributed by atoms with van der Waals surface area (Å²) in [7, 11) is 1.58. The SMILES string of the molecule is CN(C(=O)c1ccc(Cl)c(Br)c1)C1COCC1C(=O)O. The molecule has 5 nitrogen and oxygen atoms in total. The summed E-state index contributed by atoms with van der Waals surface area (Å²) in [5, 5.41) is 9.63. The third kappa shape index (κ3) is 2.97. The van der Waals surface area contributed by atoms with E-state index in [1.807, 2.05) is 0 Å². The molecule has 0 aliphatic carbocycles. The zero-order valence-electron chi connectivity index (χ0n) is 10.7. The molecule has 0 saturated carbocycles. The number of aliphatic carboxylic acids is 1. The fourth-order valence-electron chi connectivity index (χ4n) is 2.14. The molecule has 1 aliphatic rings. The first-order valence-electron chi connectivity index (χ1n) is 5.94. The van der Waals surface area contributed by atoms with Gasteiger partial charge in [0.25, 0.3) is 5.91 Å². The van der Waals surface area contributed by atoms with Crippen LogP contribution in [0.1, 0.15) is 10.4 Å². The van der Waals surface area contributed by atoms with Crippen LogP contribution in [-0.4, -0.2) is 48.2 Å². The van der Waals surface area contributed by atoms with Gasteiger partial charge in [-0.2, -0.15) is 0 Å². The Hall–Kier alpha value is -1.11. The van der Waals surface area contributed by atoms with E-state index in [4.69, 9.17) is 21.4 Å². The number of amides is 1. The van der Waals surface area contributed by atoms with Crippen molar-refractivity contribution < 1.29 is 19.4 Å². The van der Waals surface area contributed by atoms with Gasteiger partial charge in [0.2, 0.25) is 0 Å². The minimum atomic E-state index is -0.954. The number of hydrogen-bond acceptors (Lipinski definition) is 3. The summed E-state index contributed by atoms with van der Waals surface area (Å²) in [6, 6.07) is 4.38. The molecule has 1 N–H and O–H groups in total. The van der Waals surface area contributed by atoms with Crippen LogP contribution in [0, 0.1) is 5.92 Å². The first-order chi connectivity index (χ1) is 9.41. The summed E-state index contributed by atoms with van der Waals surface area (Å²) < 4.78 is 5.80. The van der Waals surface area contributed by atoms with E-state index in [9.17, 15) is 9.59 Å². The lowest BCUT2D eigenvalue weighted by atomic mass is 10.0. The molecule has 2 unspecified atom stereocenters. The molecule has 0 bridgehead atoms. The van der Waals surface area contributed by atoms with Gasteiger partial charge >= 0.3 is 5.97 Å². The zero-order chi connectivity index (χ0) is 14.9. The van der Waals surface area contributed by atoms with Gasteiger partial charge in [0.15, 0.2) is 0 Å². The lowest BCUT2D eigenvalue weighted by Crippen LogP contribution is -2.44. The monoisotopic (exact) mass is 361 g/mol. The van der Waals surface area contributed by atoms with Crippen molar-refractivity contribution in [1.82, 2.24) is 4.90 Å². The van der Waals surface area contributed by atoms with E-state index in [1.54, 1.807) is 25.2 Å². The fraction of sp³-hybridized carbons (Fsp3) is 0.385. The van der Waals surface area contributed by atoms with Gasteiger partial charge in [-0.15, -0.1) is 0 Å². The number of carboxylic acids is 1. The molecular formula is C13H13BrClNO4. The molecule has 0 aromatic heterocycles. The molecule has 1 aliphatic heterocycles. The van der Waals surface area contributed by atoms with Crippen molar-refractivity contribution in [2.75, 3.05) is 20.3 Å². The van der Waals surface area contributed by atoms with Gasteiger partial charge in [0, 0.05) is 17.1 Å². The standard InChI is InChI=1S/C13H13BrClNO4/c1-16(11-6-20-5-8(11)13(18)19)12(17)7-2-3-10(15)9(14)4-7/h2-4,8,11H,5-6H2,1H3,(H,18,19). The average molecular weight is 363 g/mol. The number of nitrogens with zero attached hydrogens (tertiary/aromatic N) is 1. The summed E-state index contributed by atoms with van der Waals surface area (Å²) in [6.07, 6.45) is 0. The van der Waals surface area contributed by atoms with E-state index in [0.717, 1.165) is 0 Å².